The lowest BCUT2D eigenvalue weighted by atomic mass is 9.76. The second-order valence-corrected chi connectivity index (χ2v) is 8.12. The van der Waals surface area contributed by atoms with Crippen LogP contribution in [-0.2, 0) is 12.8 Å². The van der Waals surface area contributed by atoms with Crippen LogP contribution >= 0.6 is 11.3 Å². The van der Waals surface area contributed by atoms with Crippen LogP contribution in [0.1, 0.15) is 41.1 Å². The van der Waals surface area contributed by atoms with Crippen LogP contribution in [0.5, 0.6) is 0 Å². The highest BCUT2D eigenvalue weighted by Gasteiger charge is 2.32. The highest BCUT2D eigenvalue weighted by Crippen LogP contribution is 2.45. The molecular weight excluding hydrogens is 308 g/mol. The number of fused-ring (bicyclic) bond motifs is 1. The zero-order valence-electron chi connectivity index (χ0n) is 13.7. The number of hydrazine groups is 1. The van der Waals surface area contributed by atoms with Crippen molar-refractivity contribution >= 4 is 23.0 Å². The van der Waals surface area contributed by atoms with Crippen LogP contribution in [0.25, 0.3) is 10.4 Å². The number of carboxylic acid groups (broad SMARTS) is 1. The van der Waals surface area contributed by atoms with Gasteiger partial charge in [0.2, 0.25) is 0 Å². The van der Waals surface area contributed by atoms with Crippen molar-refractivity contribution < 1.29 is 9.90 Å². The molecule has 0 unspecified atom stereocenters. The van der Waals surface area contributed by atoms with Crippen molar-refractivity contribution in [3.8, 4) is 10.4 Å². The van der Waals surface area contributed by atoms with Gasteiger partial charge in [-0.15, -0.1) is 11.3 Å². The van der Waals surface area contributed by atoms with E-state index in [0.29, 0.717) is 5.56 Å². The second-order valence-electron chi connectivity index (χ2n) is 7.01. The molecule has 1 aromatic heterocycles. The number of carboxylic acids is 1. The molecule has 0 bridgehead atoms. The fraction of sp³-hybridized carbons (Fsp3) is 0.389. The average Bonchev–Trinajstić information content (AvgIpc) is 2.84. The molecule has 0 amide bonds. The molecule has 2 aromatic rings. The van der Waals surface area contributed by atoms with E-state index in [4.69, 9.17) is 5.84 Å². The number of anilines is 1. The zero-order chi connectivity index (χ0) is 16.8. The summed E-state index contributed by atoms with van der Waals surface area (Å²) in [6.07, 6.45) is 2.91. The van der Waals surface area contributed by atoms with Gasteiger partial charge in [-0.3, -0.25) is 0 Å². The number of thiophene rings is 1. The Labute approximate surface area is 140 Å². The van der Waals surface area contributed by atoms with E-state index in [9.17, 15) is 9.90 Å². The normalized spacial score (nSPS) is 16.0. The minimum atomic E-state index is -0.824. The van der Waals surface area contributed by atoms with E-state index >= 15 is 0 Å². The molecule has 1 aromatic carbocycles. The maximum Gasteiger partial charge on any atom is 0.337 e. The fourth-order valence-corrected chi connectivity index (χ4v) is 4.51. The van der Waals surface area contributed by atoms with Crippen LogP contribution in [0.2, 0.25) is 0 Å². The minimum absolute atomic E-state index is 0.168. The van der Waals surface area contributed by atoms with Gasteiger partial charge in [-0.1, -0.05) is 26.0 Å². The van der Waals surface area contributed by atoms with Gasteiger partial charge in [0.1, 0.15) is 0 Å². The molecule has 5 heteroatoms. The van der Waals surface area contributed by atoms with Crippen molar-refractivity contribution in [3.05, 3.63) is 40.3 Å². The molecule has 0 saturated carbocycles. The molecule has 4 nitrogen and oxygen atoms in total. The summed E-state index contributed by atoms with van der Waals surface area (Å²) in [6, 6.07) is 7.74. The summed E-state index contributed by atoms with van der Waals surface area (Å²) in [4.78, 5) is 14.0. The van der Waals surface area contributed by atoms with Gasteiger partial charge in [0.05, 0.1) is 11.3 Å². The fourth-order valence-electron chi connectivity index (χ4n) is 3.20. The molecular formula is C18H22N2O2S. The van der Waals surface area contributed by atoms with E-state index in [-0.39, 0.29) is 5.41 Å². The van der Waals surface area contributed by atoms with Crippen LogP contribution in [-0.4, -0.2) is 18.1 Å². The third kappa shape index (κ3) is 2.99. The summed E-state index contributed by atoms with van der Waals surface area (Å²) in [7, 11) is 1.78. The predicted octanol–water partition coefficient (Wildman–Crippen LogP) is 3.94. The molecule has 1 aliphatic carbocycles. The summed E-state index contributed by atoms with van der Waals surface area (Å²) >= 11 is 1.63. The van der Waals surface area contributed by atoms with Gasteiger partial charge >= 0.3 is 5.97 Å². The first-order valence-electron chi connectivity index (χ1n) is 7.75. The molecule has 1 heterocycles. The quantitative estimate of drug-likeness (QED) is 0.661. The number of nitrogens with zero attached hydrogens (tertiary/aromatic N) is 1. The van der Waals surface area contributed by atoms with Crippen LogP contribution < -0.4 is 10.9 Å². The highest BCUT2D eigenvalue weighted by atomic mass is 32.1. The van der Waals surface area contributed by atoms with Crippen molar-refractivity contribution in [1.29, 1.82) is 0 Å². The first kappa shape index (κ1) is 16.0. The van der Waals surface area contributed by atoms with E-state index in [1.165, 1.54) is 4.88 Å². The Hall–Kier alpha value is -1.85. The second kappa shape index (κ2) is 5.65. The van der Waals surface area contributed by atoms with Gasteiger partial charge < -0.3 is 10.1 Å². The maximum absolute atomic E-state index is 11.9. The number of carbonyl (C=O) groups is 1. The minimum Gasteiger partial charge on any atom is -0.478 e. The lowest BCUT2D eigenvalue weighted by Gasteiger charge is -2.29. The van der Waals surface area contributed by atoms with Crippen molar-refractivity contribution in [2.45, 2.75) is 33.1 Å². The number of hydrogen-bond acceptors (Lipinski definition) is 4. The van der Waals surface area contributed by atoms with Crippen molar-refractivity contribution in [3.63, 3.8) is 0 Å². The molecule has 0 spiro atoms. The highest BCUT2D eigenvalue weighted by molar-refractivity contribution is 7.16. The first-order chi connectivity index (χ1) is 10.8. The summed E-state index contributed by atoms with van der Waals surface area (Å²) < 4.78 is 0. The third-order valence-electron chi connectivity index (χ3n) is 4.53. The SMILES string of the molecule is CN(N)c1ccc(-c2sc3c(c2C(=O)O)CC(C)(C)CC3)cc1. The number of hydrogen-bond donors (Lipinski definition) is 2. The number of benzene rings is 1. The summed E-state index contributed by atoms with van der Waals surface area (Å²) in [5.41, 5.74) is 3.54. The molecule has 0 aliphatic heterocycles. The van der Waals surface area contributed by atoms with Crippen molar-refractivity contribution in [2.24, 2.45) is 11.3 Å². The van der Waals surface area contributed by atoms with Gasteiger partial charge in [-0.05, 0) is 47.9 Å². The van der Waals surface area contributed by atoms with E-state index in [0.717, 1.165) is 41.0 Å². The molecule has 3 N–H and O–H groups in total. The molecule has 3 rings (SSSR count). The van der Waals surface area contributed by atoms with E-state index in [1.54, 1.807) is 23.4 Å². The van der Waals surface area contributed by atoms with Gasteiger partial charge in [0.15, 0.2) is 0 Å². The maximum atomic E-state index is 11.9. The van der Waals surface area contributed by atoms with E-state index < -0.39 is 5.97 Å². The molecule has 0 saturated heterocycles. The van der Waals surface area contributed by atoms with Crippen molar-refractivity contribution in [2.75, 3.05) is 12.1 Å². The Bertz CT molecular complexity index is 745. The predicted molar refractivity (Wildman–Crippen MR) is 95.1 cm³/mol. The summed E-state index contributed by atoms with van der Waals surface area (Å²) in [6.45, 7) is 4.43. The molecule has 0 fully saturated rings. The molecule has 1 aliphatic rings. The summed E-state index contributed by atoms with van der Waals surface area (Å²) in [5.74, 6) is 4.91. The van der Waals surface area contributed by atoms with Crippen LogP contribution in [0, 0.1) is 5.41 Å². The smallest absolute Gasteiger partial charge is 0.337 e. The molecule has 23 heavy (non-hydrogen) atoms. The molecule has 122 valence electrons. The molecule has 0 radical (unpaired) electrons. The van der Waals surface area contributed by atoms with Gasteiger partial charge in [-0.2, -0.15) is 0 Å². The largest absolute Gasteiger partial charge is 0.478 e. The Morgan fingerprint density at radius 1 is 1.30 bits per heavy atom. The number of nitrogens with two attached hydrogens (primary N) is 1. The molecule has 0 atom stereocenters. The number of aryl methyl sites for hydroxylation is 1. The number of aromatic carboxylic acids is 1. The van der Waals surface area contributed by atoms with Crippen LogP contribution in [0.3, 0.4) is 0 Å². The van der Waals surface area contributed by atoms with E-state index in [1.807, 2.05) is 24.3 Å². The third-order valence-corrected chi connectivity index (χ3v) is 5.87. The average molecular weight is 330 g/mol. The van der Waals surface area contributed by atoms with Crippen molar-refractivity contribution in [1.82, 2.24) is 0 Å². The Balaban J connectivity index is 2.09. The van der Waals surface area contributed by atoms with Crippen LogP contribution in [0.15, 0.2) is 24.3 Å². The lowest BCUT2D eigenvalue weighted by Crippen LogP contribution is -2.24. The monoisotopic (exact) mass is 330 g/mol. The first-order valence-corrected chi connectivity index (χ1v) is 8.57. The number of rotatable bonds is 3. The topological polar surface area (TPSA) is 66.6 Å². The Morgan fingerprint density at radius 2 is 1.96 bits per heavy atom. The van der Waals surface area contributed by atoms with E-state index in [2.05, 4.69) is 13.8 Å². The standard InChI is InChI=1S/C18H22N2O2S/c1-18(2)9-8-14-13(10-18)15(17(21)22)16(23-14)11-4-6-12(7-5-11)20(3)19/h4-7H,8-10,19H2,1-3H3,(H,21,22). The van der Waals surface area contributed by atoms with Gasteiger partial charge in [0, 0.05) is 16.8 Å². The van der Waals surface area contributed by atoms with Gasteiger partial charge in [-0.25, -0.2) is 10.6 Å². The lowest BCUT2D eigenvalue weighted by molar-refractivity contribution is 0.0696. The zero-order valence-corrected chi connectivity index (χ0v) is 14.5. The Morgan fingerprint density at radius 3 is 2.52 bits per heavy atom. The Kier molecular flexibility index (Phi) is 3.94. The summed E-state index contributed by atoms with van der Waals surface area (Å²) in [5, 5.41) is 11.3. The van der Waals surface area contributed by atoms with Crippen LogP contribution in [0.4, 0.5) is 5.69 Å². The van der Waals surface area contributed by atoms with Gasteiger partial charge in [0.25, 0.3) is 0 Å².